The fourth-order valence-electron chi connectivity index (χ4n) is 2.81. The van der Waals surface area contributed by atoms with Crippen LogP contribution in [0.2, 0.25) is 0 Å². The summed E-state index contributed by atoms with van der Waals surface area (Å²) in [5, 5.41) is 0. The molecule has 2 rings (SSSR count). The standard InChI is InChI=1S/C17H19F2N/c1-10-6-11(2)17(12(3)7-10)16(20)9-13-8-14(18)4-5-15(13)19/h4-8,16H,9,20H2,1-3H3. The molecule has 0 fully saturated rings. The van der Waals surface area contributed by atoms with Crippen LogP contribution >= 0.6 is 0 Å². The van der Waals surface area contributed by atoms with Crippen molar-refractivity contribution in [2.45, 2.75) is 33.2 Å². The molecule has 2 aromatic carbocycles. The van der Waals surface area contributed by atoms with Gasteiger partial charge in [0.1, 0.15) is 11.6 Å². The summed E-state index contributed by atoms with van der Waals surface area (Å²) in [6.45, 7) is 6.02. The lowest BCUT2D eigenvalue weighted by Crippen LogP contribution is -2.17. The highest BCUT2D eigenvalue weighted by Crippen LogP contribution is 2.25. The normalized spacial score (nSPS) is 12.5. The minimum Gasteiger partial charge on any atom is -0.324 e. The number of nitrogens with two attached hydrogens (primary N) is 1. The second-order valence-corrected chi connectivity index (χ2v) is 5.36. The molecule has 0 amide bonds. The molecule has 2 aromatic rings. The van der Waals surface area contributed by atoms with Crippen molar-refractivity contribution in [3.8, 4) is 0 Å². The van der Waals surface area contributed by atoms with Gasteiger partial charge in [-0.1, -0.05) is 17.7 Å². The topological polar surface area (TPSA) is 26.0 Å². The Hall–Kier alpha value is -1.74. The Balaban J connectivity index is 2.33. The van der Waals surface area contributed by atoms with Crippen LogP contribution in [0.1, 0.15) is 33.9 Å². The van der Waals surface area contributed by atoms with Gasteiger partial charge in [0.15, 0.2) is 0 Å². The maximum Gasteiger partial charge on any atom is 0.126 e. The molecule has 0 saturated heterocycles. The highest BCUT2D eigenvalue weighted by atomic mass is 19.1. The van der Waals surface area contributed by atoms with E-state index in [1.165, 1.54) is 11.6 Å². The zero-order valence-corrected chi connectivity index (χ0v) is 12.0. The molecule has 1 atom stereocenters. The molecule has 106 valence electrons. The molecule has 0 spiro atoms. The van der Waals surface area contributed by atoms with Gasteiger partial charge in [-0.3, -0.25) is 0 Å². The number of rotatable bonds is 3. The van der Waals surface area contributed by atoms with Crippen LogP contribution in [0.3, 0.4) is 0 Å². The van der Waals surface area contributed by atoms with Gasteiger partial charge in [0.25, 0.3) is 0 Å². The fraction of sp³-hybridized carbons (Fsp3) is 0.294. The Kier molecular flexibility index (Phi) is 4.19. The summed E-state index contributed by atoms with van der Waals surface area (Å²) in [5.41, 5.74) is 10.9. The molecule has 0 aromatic heterocycles. The van der Waals surface area contributed by atoms with Crippen molar-refractivity contribution in [3.05, 3.63) is 69.8 Å². The SMILES string of the molecule is Cc1cc(C)c(C(N)Cc2cc(F)ccc2F)c(C)c1. The first-order chi connectivity index (χ1) is 9.38. The quantitative estimate of drug-likeness (QED) is 0.895. The molecule has 2 N–H and O–H groups in total. The average Bonchev–Trinajstić information content (AvgIpc) is 2.32. The van der Waals surface area contributed by atoms with E-state index in [9.17, 15) is 8.78 Å². The molecule has 3 heteroatoms. The molecule has 0 aliphatic rings. The summed E-state index contributed by atoms with van der Waals surface area (Å²) >= 11 is 0. The van der Waals surface area contributed by atoms with Crippen molar-refractivity contribution in [1.29, 1.82) is 0 Å². The number of aryl methyl sites for hydroxylation is 3. The third-order valence-electron chi connectivity index (χ3n) is 3.56. The van der Waals surface area contributed by atoms with Crippen LogP contribution < -0.4 is 5.73 Å². The van der Waals surface area contributed by atoms with Crippen LogP contribution in [0.5, 0.6) is 0 Å². The highest BCUT2D eigenvalue weighted by Gasteiger charge is 2.15. The predicted octanol–water partition coefficient (Wildman–Crippen LogP) is 4.13. The Bertz CT molecular complexity index is 612. The molecule has 0 aliphatic carbocycles. The number of benzene rings is 2. The number of hydrogen-bond acceptors (Lipinski definition) is 1. The van der Waals surface area contributed by atoms with Gasteiger partial charge in [0.2, 0.25) is 0 Å². The van der Waals surface area contributed by atoms with Gasteiger partial charge in [-0.25, -0.2) is 8.78 Å². The zero-order valence-electron chi connectivity index (χ0n) is 12.0. The van der Waals surface area contributed by atoms with Crippen molar-refractivity contribution in [3.63, 3.8) is 0 Å². The van der Waals surface area contributed by atoms with Crippen molar-refractivity contribution < 1.29 is 8.78 Å². The first kappa shape index (κ1) is 14.7. The van der Waals surface area contributed by atoms with Crippen molar-refractivity contribution in [2.24, 2.45) is 5.73 Å². The summed E-state index contributed by atoms with van der Waals surface area (Å²) in [7, 11) is 0. The van der Waals surface area contributed by atoms with Crippen LogP contribution in [0, 0.1) is 32.4 Å². The molecular formula is C17H19F2N. The monoisotopic (exact) mass is 275 g/mol. The molecular weight excluding hydrogens is 256 g/mol. The summed E-state index contributed by atoms with van der Waals surface area (Å²) in [5.74, 6) is -0.852. The lowest BCUT2D eigenvalue weighted by atomic mass is 9.91. The minimum atomic E-state index is -0.439. The first-order valence-electron chi connectivity index (χ1n) is 6.65. The lowest BCUT2D eigenvalue weighted by molar-refractivity contribution is 0.572. The Labute approximate surface area is 118 Å². The highest BCUT2D eigenvalue weighted by molar-refractivity contribution is 5.40. The number of hydrogen-bond donors (Lipinski definition) is 1. The van der Waals surface area contributed by atoms with E-state index >= 15 is 0 Å². The van der Waals surface area contributed by atoms with E-state index in [1.807, 2.05) is 20.8 Å². The Morgan fingerprint density at radius 1 is 1.00 bits per heavy atom. The fourth-order valence-corrected chi connectivity index (χ4v) is 2.81. The van der Waals surface area contributed by atoms with E-state index in [-0.39, 0.29) is 12.5 Å². The van der Waals surface area contributed by atoms with E-state index in [1.54, 1.807) is 0 Å². The first-order valence-corrected chi connectivity index (χ1v) is 6.65. The maximum absolute atomic E-state index is 13.7. The van der Waals surface area contributed by atoms with E-state index < -0.39 is 11.6 Å². The summed E-state index contributed by atoms with van der Waals surface area (Å²) in [6.07, 6.45) is 0.286. The summed E-state index contributed by atoms with van der Waals surface area (Å²) < 4.78 is 26.9. The zero-order chi connectivity index (χ0) is 14.9. The third kappa shape index (κ3) is 3.05. The molecule has 20 heavy (non-hydrogen) atoms. The van der Waals surface area contributed by atoms with Gasteiger partial charge in [-0.2, -0.15) is 0 Å². The van der Waals surface area contributed by atoms with Crippen LogP contribution in [-0.4, -0.2) is 0 Å². The van der Waals surface area contributed by atoms with Crippen molar-refractivity contribution in [1.82, 2.24) is 0 Å². The molecule has 0 saturated carbocycles. The van der Waals surface area contributed by atoms with Crippen LogP contribution in [-0.2, 0) is 6.42 Å². The molecule has 0 bridgehead atoms. The van der Waals surface area contributed by atoms with E-state index in [2.05, 4.69) is 12.1 Å². The average molecular weight is 275 g/mol. The minimum absolute atomic E-state index is 0.286. The van der Waals surface area contributed by atoms with Crippen LogP contribution in [0.25, 0.3) is 0 Å². The van der Waals surface area contributed by atoms with Gasteiger partial charge < -0.3 is 5.73 Å². The number of halogens is 2. The van der Waals surface area contributed by atoms with E-state index in [0.29, 0.717) is 5.56 Å². The van der Waals surface area contributed by atoms with Crippen LogP contribution in [0.4, 0.5) is 8.78 Å². The third-order valence-corrected chi connectivity index (χ3v) is 3.56. The van der Waals surface area contributed by atoms with Gasteiger partial charge in [0.05, 0.1) is 0 Å². The van der Waals surface area contributed by atoms with E-state index in [4.69, 9.17) is 5.73 Å². The largest absolute Gasteiger partial charge is 0.324 e. The summed E-state index contributed by atoms with van der Waals surface area (Å²) in [6, 6.07) is 7.26. The van der Waals surface area contributed by atoms with Gasteiger partial charge in [0, 0.05) is 6.04 Å². The van der Waals surface area contributed by atoms with Crippen molar-refractivity contribution >= 4 is 0 Å². The molecule has 0 radical (unpaired) electrons. The molecule has 1 nitrogen and oxygen atoms in total. The lowest BCUT2D eigenvalue weighted by Gasteiger charge is -2.19. The Morgan fingerprint density at radius 2 is 1.60 bits per heavy atom. The maximum atomic E-state index is 13.7. The summed E-state index contributed by atoms with van der Waals surface area (Å²) in [4.78, 5) is 0. The second-order valence-electron chi connectivity index (χ2n) is 5.36. The van der Waals surface area contributed by atoms with Crippen LogP contribution in [0.15, 0.2) is 30.3 Å². The van der Waals surface area contributed by atoms with Crippen molar-refractivity contribution in [2.75, 3.05) is 0 Å². The molecule has 1 unspecified atom stereocenters. The van der Waals surface area contributed by atoms with Gasteiger partial charge in [-0.15, -0.1) is 0 Å². The molecule has 0 heterocycles. The molecule has 0 aliphatic heterocycles. The Morgan fingerprint density at radius 3 is 2.20 bits per heavy atom. The predicted molar refractivity (Wildman–Crippen MR) is 77.6 cm³/mol. The van der Waals surface area contributed by atoms with E-state index in [0.717, 1.165) is 28.8 Å². The van der Waals surface area contributed by atoms with Gasteiger partial charge >= 0.3 is 0 Å². The smallest absolute Gasteiger partial charge is 0.126 e. The second kappa shape index (κ2) is 5.71. The van der Waals surface area contributed by atoms with Gasteiger partial charge in [-0.05, 0) is 67.6 Å².